The number of hydrogen-bond acceptors (Lipinski definition) is 4. The van der Waals surface area contributed by atoms with Gasteiger partial charge >= 0.3 is 0 Å². The van der Waals surface area contributed by atoms with Crippen LogP contribution in [-0.4, -0.2) is 55.7 Å². The minimum Gasteiger partial charge on any atom is -0.379 e. The minimum atomic E-state index is -0.237. The molecule has 1 aliphatic heterocycles. The maximum atomic E-state index is 12.4. The minimum absolute atomic E-state index is 0.237. The maximum absolute atomic E-state index is 12.4. The summed E-state index contributed by atoms with van der Waals surface area (Å²) in [4.78, 5) is 14.8. The molecule has 0 spiro atoms. The molecule has 1 heterocycles. The Bertz CT molecular complexity index is 255. The second-order valence-corrected chi connectivity index (χ2v) is 4.90. The summed E-state index contributed by atoms with van der Waals surface area (Å²) in [5.41, 5.74) is -0.237. The van der Waals surface area contributed by atoms with Crippen molar-refractivity contribution in [2.75, 3.05) is 39.5 Å². The standard InChI is InChI=1S/C13H23NO3/c1-2-16-11-12(15)13(5-3-4-6-13)14-7-9-17-10-8-14/h2-11H2,1H3. The van der Waals surface area contributed by atoms with Crippen LogP contribution in [0.15, 0.2) is 0 Å². The number of rotatable bonds is 5. The number of morpholine rings is 1. The Hall–Kier alpha value is -0.450. The Balaban J connectivity index is 2.05. The highest BCUT2D eigenvalue weighted by atomic mass is 16.5. The molecule has 2 fully saturated rings. The van der Waals surface area contributed by atoms with Gasteiger partial charge in [0.15, 0.2) is 5.78 Å². The predicted molar refractivity (Wildman–Crippen MR) is 65.1 cm³/mol. The number of ketones is 1. The molecule has 0 unspecified atom stereocenters. The lowest BCUT2D eigenvalue weighted by Crippen LogP contribution is -2.57. The Labute approximate surface area is 103 Å². The van der Waals surface area contributed by atoms with E-state index in [2.05, 4.69) is 4.90 Å². The van der Waals surface area contributed by atoms with Crippen molar-refractivity contribution in [3.8, 4) is 0 Å². The molecule has 0 aromatic rings. The van der Waals surface area contributed by atoms with Gasteiger partial charge in [-0.3, -0.25) is 9.69 Å². The van der Waals surface area contributed by atoms with Crippen molar-refractivity contribution in [3.63, 3.8) is 0 Å². The summed E-state index contributed by atoms with van der Waals surface area (Å²) in [7, 11) is 0. The summed E-state index contributed by atoms with van der Waals surface area (Å²) in [6, 6.07) is 0. The van der Waals surface area contributed by atoms with E-state index in [-0.39, 0.29) is 17.9 Å². The fraction of sp³-hybridized carbons (Fsp3) is 0.923. The highest BCUT2D eigenvalue weighted by Gasteiger charge is 2.45. The number of carbonyl (C=O) groups is 1. The molecular formula is C13H23NO3. The van der Waals surface area contributed by atoms with Crippen molar-refractivity contribution in [1.29, 1.82) is 0 Å². The molecule has 2 rings (SSSR count). The van der Waals surface area contributed by atoms with Crippen LogP contribution in [0.4, 0.5) is 0 Å². The van der Waals surface area contributed by atoms with Gasteiger partial charge in [0, 0.05) is 19.7 Å². The van der Waals surface area contributed by atoms with E-state index in [4.69, 9.17) is 9.47 Å². The van der Waals surface area contributed by atoms with Gasteiger partial charge in [0.25, 0.3) is 0 Å². The van der Waals surface area contributed by atoms with Crippen LogP contribution in [0, 0.1) is 0 Å². The highest BCUT2D eigenvalue weighted by Crippen LogP contribution is 2.36. The number of nitrogens with zero attached hydrogens (tertiary/aromatic N) is 1. The van der Waals surface area contributed by atoms with Gasteiger partial charge in [-0.1, -0.05) is 12.8 Å². The van der Waals surface area contributed by atoms with Crippen LogP contribution in [0.1, 0.15) is 32.6 Å². The molecule has 1 saturated carbocycles. The van der Waals surface area contributed by atoms with Gasteiger partial charge in [0.1, 0.15) is 6.61 Å². The van der Waals surface area contributed by atoms with Crippen LogP contribution in [0.3, 0.4) is 0 Å². The van der Waals surface area contributed by atoms with Crippen LogP contribution >= 0.6 is 0 Å². The Kier molecular flexibility index (Phi) is 4.54. The first-order chi connectivity index (χ1) is 8.29. The molecule has 1 aliphatic carbocycles. The van der Waals surface area contributed by atoms with Crippen molar-refractivity contribution in [3.05, 3.63) is 0 Å². The van der Waals surface area contributed by atoms with Gasteiger partial charge < -0.3 is 9.47 Å². The van der Waals surface area contributed by atoms with Gasteiger partial charge in [-0.2, -0.15) is 0 Å². The van der Waals surface area contributed by atoms with Crippen molar-refractivity contribution >= 4 is 5.78 Å². The average Bonchev–Trinajstić information content (AvgIpc) is 2.87. The van der Waals surface area contributed by atoms with Gasteiger partial charge in [-0.05, 0) is 19.8 Å². The molecule has 17 heavy (non-hydrogen) atoms. The van der Waals surface area contributed by atoms with Gasteiger partial charge in [-0.15, -0.1) is 0 Å². The van der Waals surface area contributed by atoms with Crippen molar-refractivity contribution in [1.82, 2.24) is 4.90 Å². The zero-order chi connectivity index (χ0) is 12.1. The highest BCUT2D eigenvalue weighted by molar-refractivity contribution is 5.89. The lowest BCUT2D eigenvalue weighted by Gasteiger charge is -2.42. The number of carbonyl (C=O) groups excluding carboxylic acids is 1. The van der Waals surface area contributed by atoms with Crippen LogP contribution < -0.4 is 0 Å². The van der Waals surface area contributed by atoms with Crippen LogP contribution in [0.5, 0.6) is 0 Å². The molecule has 2 aliphatic rings. The fourth-order valence-corrected chi connectivity index (χ4v) is 3.05. The van der Waals surface area contributed by atoms with E-state index in [1.165, 1.54) is 0 Å². The molecule has 98 valence electrons. The summed E-state index contributed by atoms with van der Waals surface area (Å²) in [6.45, 7) is 6.10. The molecular weight excluding hydrogens is 218 g/mol. The second kappa shape index (κ2) is 5.94. The first kappa shape index (κ1) is 13.0. The first-order valence-electron chi connectivity index (χ1n) is 6.73. The van der Waals surface area contributed by atoms with E-state index in [1.54, 1.807) is 0 Å². The van der Waals surface area contributed by atoms with Gasteiger partial charge in [-0.25, -0.2) is 0 Å². The van der Waals surface area contributed by atoms with Crippen molar-refractivity contribution < 1.29 is 14.3 Å². The summed E-state index contributed by atoms with van der Waals surface area (Å²) in [5, 5.41) is 0. The van der Waals surface area contributed by atoms with E-state index >= 15 is 0 Å². The number of ether oxygens (including phenoxy) is 2. The quantitative estimate of drug-likeness (QED) is 0.726. The molecule has 4 heteroatoms. The molecule has 0 amide bonds. The van der Waals surface area contributed by atoms with E-state index in [0.717, 1.165) is 52.0 Å². The summed E-state index contributed by atoms with van der Waals surface area (Å²) >= 11 is 0. The van der Waals surface area contributed by atoms with Crippen LogP contribution in [0.2, 0.25) is 0 Å². The topological polar surface area (TPSA) is 38.8 Å². The summed E-state index contributed by atoms with van der Waals surface area (Å²) in [6.07, 6.45) is 4.32. The Morgan fingerprint density at radius 2 is 1.94 bits per heavy atom. The maximum Gasteiger partial charge on any atom is 0.178 e. The number of hydrogen-bond donors (Lipinski definition) is 0. The zero-order valence-electron chi connectivity index (χ0n) is 10.7. The third-order valence-corrected chi connectivity index (χ3v) is 4.00. The smallest absolute Gasteiger partial charge is 0.178 e. The molecule has 0 radical (unpaired) electrons. The Morgan fingerprint density at radius 3 is 2.53 bits per heavy atom. The predicted octanol–water partition coefficient (Wildman–Crippen LogP) is 1.24. The molecule has 0 aromatic carbocycles. The molecule has 0 atom stereocenters. The van der Waals surface area contributed by atoms with E-state index in [0.29, 0.717) is 6.61 Å². The van der Waals surface area contributed by atoms with E-state index < -0.39 is 0 Å². The molecule has 0 aromatic heterocycles. The molecule has 4 nitrogen and oxygen atoms in total. The lowest BCUT2D eigenvalue weighted by atomic mass is 9.89. The summed E-state index contributed by atoms with van der Waals surface area (Å²) < 4.78 is 10.7. The molecule has 1 saturated heterocycles. The molecule has 0 N–H and O–H groups in total. The van der Waals surface area contributed by atoms with Gasteiger partial charge in [0.2, 0.25) is 0 Å². The average molecular weight is 241 g/mol. The lowest BCUT2D eigenvalue weighted by molar-refractivity contribution is -0.139. The second-order valence-electron chi connectivity index (χ2n) is 4.90. The Morgan fingerprint density at radius 1 is 1.29 bits per heavy atom. The van der Waals surface area contributed by atoms with Gasteiger partial charge in [0.05, 0.1) is 18.8 Å². The van der Waals surface area contributed by atoms with Crippen LogP contribution in [0.25, 0.3) is 0 Å². The first-order valence-corrected chi connectivity index (χ1v) is 6.73. The van der Waals surface area contributed by atoms with Crippen molar-refractivity contribution in [2.45, 2.75) is 38.1 Å². The normalized spacial score (nSPS) is 25.0. The monoisotopic (exact) mass is 241 g/mol. The number of Topliss-reactive ketones (excluding diaryl/α,β-unsaturated/α-hetero) is 1. The molecule has 0 bridgehead atoms. The summed E-state index contributed by atoms with van der Waals surface area (Å²) in [5.74, 6) is 0.277. The van der Waals surface area contributed by atoms with E-state index in [1.807, 2.05) is 6.92 Å². The largest absolute Gasteiger partial charge is 0.379 e. The van der Waals surface area contributed by atoms with Crippen molar-refractivity contribution in [2.24, 2.45) is 0 Å². The fourth-order valence-electron chi connectivity index (χ4n) is 3.05. The third-order valence-electron chi connectivity index (χ3n) is 4.00. The van der Waals surface area contributed by atoms with Crippen LogP contribution in [-0.2, 0) is 14.3 Å². The zero-order valence-corrected chi connectivity index (χ0v) is 10.7. The van der Waals surface area contributed by atoms with E-state index in [9.17, 15) is 4.79 Å². The SMILES string of the molecule is CCOCC(=O)C1(N2CCOCC2)CCCC1. The third kappa shape index (κ3) is 2.69.